The minimum atomic E-state index is 0.567. The summed E-state index contributed by atoms with van der Waals surface area (Å²) >= 11 is 0. The number of pyridine rings is 1. The van der Waals surface area contributed by atoms with Crippen molar-refractivity contribution in [3.05, 3.63) is 167 Å². The Morgan fingerprint density at radius 1 is 0.667 bits per heavy atom. The van der Waals surface area contributed by atoms with Gasteiger partial charge in [-0.05, 0) is 87.6 Å². The van der Waals surface area contributed by atoms with E-state index in [0.29, 0.717) is 12.5 Å². The van der Waals surface area contributed by atoms with Crippen LogP contribution in [-0.4, -0.2) is 9.55 Å². The third-order valence-corrected chi connectivity index (χ3v) is 8.93. The van der Waals surface area contributed by atoms with Gasteiger partial charge in [-0.15, -0.1) is 0 Å². The SMILES string of the molecule is C1=c2c(ccc3c2=CCCC3CCn2cc(OCc3ccccc3)c(-c3ccccc3)c2)-c2ccccc2C1.c1ccncc1. The van der Waals surface area contributed by atoms with E-state index in [9.17, 15) is 0 Å². The van der Waals surface area contributed by atoms with Gasteiger partial charge in [-0.2, -0.15) is 0 Å². The van der Waals surface area contributed by atoms with E-state index in [4.69, 9.17) is 4.74 Å². The van der Waals surface area contributed by atoms with Crippen LogP contribution in [0.1, 0.15) is 41.9 Å². The lowest BCUT2D eigenvalue weighted by atomic mass is 9.81. The molecular formula is C42H38N2O. The summed E-state index contributed by atoms with van der Waals surface area (Å²) in [5.74, 6) is 1.52. The van der Waals surface area contributed by atoms with E-state index >= 15 is 0 Å². The van der Waals surface area contributed by atoms with Gasteiger partial charge in [0.25, 0.3) is 0 Å². The summed E-state index contributed by atoms with van der Waals surface area (Å²) in [6.45, 7) is 1.55. The highest BCUT2D eigenvalue weighted by Crippen LogP contribution is 2.34. The predicted molar refractivity (Wildman–Crippen MR) is 185 cm³/mol. The van der Waals surface area contributed by atoms with Gasteiger partial charge in [-0.25, -0.2) is 0 Å². The lowest BCUT2D eigenvalue weighted by Gasteiger charge is -2.24. The molecule has 2 aliphatic rings. The summed E-state index contributed by atoms with van der Waals surface area (Å²) in [5.41, 5.74) is 9.28. The van der Waals surface area contributed by atoms with Gasteiger partial charge in [0, 0.05) is 36.9 Å². The average Bonchev–Trinajstić information content (AvgIpc) is 3.54. The highest BCUT2D eigenvalue weighted by atomic mass is 16.5. The van der Waals surface area contributed by atoms with Crippen LogP contribution in [0.25, 0.3) is 34.4 Å². The monoisotopic (exact) mass is 586 g/mol. The molecule has 45 heavy (non-hydrogen) atoms. The van der Waals surface area contributed by atoms with Gasteiger partial charge >= 0.3 is 0 Å². The van der Waals surface area contributed by atoms with E-state index in [1.54, 1.807) is 12.4 Å². The average molecular weight is 587 g/mol. The molecule has 3 heteroatoms. The first kappa shape index (κ1) is 28.6. The van der Waals surface area contributed by atoms with E-state index in [1.165, 1.54) is 50.2 Å². The molecule has 2 aromatic heterocycles. The molecule has 0 aliphatic heterocycles. The normalized spacial score (nSPS) is 14.4. The topological polar surface area (TPSA) is 27.1 Å². The Morgan fingerprint density at radius 2 is 1.42 bits per heavy atom. The summed E-state index contributed by atoms with van der Waals surface area (Å²) < 4.78 is 8.70. The van der Waals surface area contributed by atoms with Gasteiger partial charge < -0.3 is 9.30 Å². The van der Waals surface area contributed by atoms with Crippen LogP contribution in [0.3, 0.4) is 0 Å². The zero-order valence-corrected chi connectivity index (χ0v) is 25.6. The highest BCUT2D eigenvalue weighted by Gasteiger charge is 2.20. The van der Waals surface area contributed by atoms with Gasteiger partial charge in [0.05, 0.1) is 0 Å². The van der Waals surface area contributed by atoms with Crippen LogP contribution in [0.4, 0.5) is 0 Å². The maximum Gasteiger partial charge on any atom is 0.145 e. The van der Waals surface area contributed by atoms with Crippen molar-refractivity contribution in [2.24, 2.45) is 0 Å². The van der Waals surface area contributed by atoms with Crippen molar-refractivity contribution in [3.8, 4) is 28.0 Å². The molecular weight excluding hydrogens is 548 g/mol. The van der Waals surface area contributed by atoms with E-state index in [2.05, 4.69) is 125 Å². The smallest absolute Gasteiger partial charge is 0.145 e. The summed E-state index contributed by atoms with van der Waals surface area (Å²) in [4.78, 5) is 3.78. The fourth-order valence-electron chi connectivity index (χ4n) is 6.67. The number of nitrogens with zero attached hydrogens (tertiary/aromatic N) is 2. The molecule has 1 atom stereocenters. The molecule has 0 spiro atoms. The van der Waals surface area contributed by atoms with Crippen LogP contribution < -0.4 is 15.2 Å². The molecule has 222 valence electrons. The molecule has 0 N–H and O–H groups in total. The molecule has 2 aliphatic carbocycles. The van der Waals surface area contributed by atoms with Crippen LogP contribution >= 0.6 is 0 Å². The van der Waals surface area contributed by atoms with E-state index in [1.807, 2.05) is 24.3 Å². The van der Waals surface area contributed by atoms with Crippen LogP contribution in [0, 0.1) is 0 Å². The summed E-state index contributed by atoms with van der Waals surface area (Å²) in [6.07, 6.45) is 17.4. The minimum Gasteiger partial charge on any atom is -0.487 e. The van der Waals surface area contributed by atoms with Crippen molar-refractivity contribution >= 4 is 12.2 Å². The second-order valence-corrected chi connectivity index (χ2v) is 11.8. The number of rotatable bonds is 7. The van der Waals surface area contributed by atoms with Crippen molar-refractivity contribution in [2.75, 3.05) is 0 Å². The molecule has 3 nitrogen and oxygen atoms in total. The fourth-order valence-corrected chi connectivity index (χ4v) is 6.67. The van der Waals surface area contributed by atoms with Gasteiger partial charge in [0.2, 0.25) is 0 Å². The van der Waals surface area contributed by atoms with E-state index in [0.717, 1.165) is 37.1 Å². The first-order valence-electron chi connectivity index (χ1n) is 16.0. The standard InChI is InChI=1S/C37H33NO.C5H5N/c1-3-10-27(11-4-1)26-39-37-25-38(24-36(37)28-12-5-2-6-13-28)23-22-30-15-9-17-33-32(30)20-21-34-31-16-8-7-14-29(31)18-19-35(33)34;1-2-4-6-5-3-1/h1-8,10-14,16-17,19-21,24-25,30H,9,15,18,22-23,26H2;1-5H. The largest absolute Gasteiger partial charge is 0.487 e. The molecule has 8 rings (SSSR count). The number of hydrogen-bond acceptors (Lipinski definition) is 2. The number of aryl methyl sites for hydroxylation is 1. The summed E-state index contributed by atoms with van der Waals surface area (Å²) in [7, 11) is 0. The molecule has 0 radical (unpaired) electrons. The van der Waals surface area contributed by atoms with Crippen LogP contribution in [-0.2, 0) is 19.6 Å². The Morgan fingerprint density at radius 3 is 2.20 bits per heavy atom. The van der Waals surface area contributed by atoms with Gasteiger partial charge in [-0.3, -0.25) is 4.98 Å². The molecule has 1 unspecified atom stereocenters. The molecule has 0 fully saturated rings. The fraction of sp³-hybridized carbons (Fsp3) is 0.167. The number of aromatic nitrogens is 2. The van der Waals surface area contributed by atoms with Crippen molar-refractivity contribution in [2.45, 2.75) is 44.8 Å². The van der Waals surface area contributed by atoms with Gasteiger partial charge in [0.1, 0.15) is 12.4 Å². The van der Waals surface area contributed by atoms with Crippen LogP contribution in [0.5, 0.6) is 5.75 Å². The van der Waals surface area contributed by atoms with Crippen LogP contribution in [0.2, 0.25) is 0 Å². The third-order valence-electron chi connectivity index (χ3n) is 8.93. The third kappa shape index (κ3) is 6.53. The lowest BCUT2D eigenvalue weighted by molar-refractivity contribution is 0.307. The molecule has 0 saturated heterocycles. The first-order valence-corrected chi connectivity index (χ1v) is 16.0. The van der Waals surface area contributed by atoms with Gasteiger partial charge in [0.15, 0.2) is 0 Å². The van der Waals surface area contributed by atoms with Crippen molar-refractivity contribution in [3.63, 3.8) is 0 Å². The number of benzene rings is 4. The second-order valence-electron chi connectivity index (χ2n) is 11.8. The second kappa shape index (κ2) is 13.7. The first-order chi connectivity index (χ1) is 22.3. The maximum absolute atomic E-state index is 6.37. The Bertz CT molecular complexity index is 1950. The summed E-state index contributed by atoms with van der Waals surface area (Å²) in [6, 6.07) is 40.4. The molecule has 0 amide bonds. The zero-order chi connectivity index (χ0) is 30.3. The molecule has 4 aromatic carbocycles. The van der Waals surface area contributed by atoms with E-state index < -0.39 is 0 Å². The molecule has 0 saturated carbocycles. The molecule has 0 bridgehead atoms. The number of hydrogen-bond donors (Lipinski definition) is 0. The number of fused-ring (bicyclic) bond motifs is 5. The van der Waals surface area contributed by atoms with Crippen molar-refractivity contribution in [1.29, 1.82) is 0 Å². The van der Waals surface area contributed by atoms with Crippen molar-refractivity contribution < 1.29 is 4.74 Å². The molecule has 2 heterocycles. The Balaban J connectivity index is 0.000000488. The van der Waals surface area contributed by atoms with Crippen LogP contribution in [0.15, 0.2) is 140 Å². The Labute approximate surface area is 265 Å². The predicted octanol–water partition coefficient (Wildman–Crippen LogP) is 8.57. The highest BCUT2D eigenvalue weighted by molar-refractivity contribution is 5.74. The minimum absolute atomic E-state index is 0.567. The maximum atomic E-state index is 6.37. The van der Waals surface area contributed by atoms with E-state index in [-0.39, 0.29) is 0 Å². The molecule has 6 aromatic rings. The lowest BCUT2D eigenvalue weighted by Crippen LogP contribution is -2.35. The number of ether oxygens (including phenoxy) is 1. The zero-order valence-electron chi connectivity index (χ0n) is 25.6. The van der Waals surface area contributed by atoms with Gasteiger partial charge in [-0.1, -0.05) is 115 Å². The van der Waals surface area contributed by atoms with Crippen molar-refractivity contribution in [1.82, 2.24) is 9.55 Å². The Hall–Kier alpha value is -5.15. The summed E-state index contributed by atoms with van der Waals surface area (Å²) in [5, 5.41) is 2.92. The Kier molecular flexibility index (Phi) is 8.68. The quantitative estimate of drug-likeness (QED) is 0.187.